The molecule has 0 spiro atoms. The average Bonchev–Trinajstić information content (AvgIpc) is 2.91. The highest BCUT2D eigenvalue weighted by atomic mass is 19.3. The molecule has 4 N–H and O–H groups in total. The number of aliphatic hydroxyl groups is 1. The molecule has 2 rings (SSSR count). The molecule has 0 saturated heterocycles. The van der Waals surface area contributed by atoms with Crippen LogP contribution in [0.4, 0.5) is 28.9 Å². The van der Waals surface area contributed by atoms with Crippen LogP contribution in [0.2, 0.25) is 0 Å². The monoisotopic (exact) mass is 549 g/mol. The standard InChI is InChI=1S/C28H35F4N5O2/c1-5-12-33-26(36-20-8-9-22(19(6-2)15-20)27(39)34-13-7-14-38)18(4)35-16-17(3)21-10-11-23(37-28(31)32)25(30)24(21)29/h5,8-12,15,17,28,37-38H,6-7,13-14,16H2,1-4H3,(H,33,36)(H,34,39)/b12-5-,35-18?. The smallest absolute Gasteiger partial charge is 0.313 e. The maximum Gasteiger partial charge on any atom is 0.313 e. The van der Waals surface area contributed by atoms with Crippen LogP contribution in [0, 0.1) is 11.6 Å². The van der Waals surface area contributed by atoms with Crippen LogP contribution >= 0.6 is 0 Å². The fourth-order valence-electron chi connectivity index (χ4n) is 3.68. The average molecular weight is 550 g/mol. The van der Waals surface area contributed by atoms with E-state index in [-0.39, 0.29) is 24.6 Å². The summed E-state index contributed by atoms with van der Waals surface area (Å²) >= 11 is 0. The van der Waals surface area contributed by atoms with E-state index in [0.717, 1.165) is 11.6 Å². The lowest BCUT2D eigenvalue weighted by Gasteiger charge is -2.16. The molecule has 1 atom stereocenters. The van der Waals surface area contributed by atoms with Crippen LogP contribution in [-0.2, 0) is 6.42 Å². The van der Waals surface area contributed by atoms with Gasteiger partial charge in [-0.25, -0.2) is 13.8 Å². The number of amidine groups is 1. The molecule has 11 heteroatoms. The summed E-state index contributed by atoms with van der Waals surface area (Å²) in [6.45, 7) is 4.56. The Kier molecular flexibility index (Phi) is 12.6. The lowest BCUT2D eigenvalue weighted by molar-refractivity contribution is 0.0950. The molecule has 7 nitrogen and oxygen atoms in total. The van der Waals surface area contributed by atoms with Gasteiger partial charge in [0.05, 0.1) is 11.4 Å². The molecule has 0 heterocycles. The molecule has 0 aliphatic heterocycles. The Morgan fingerprint density at radius 1 is 1.15 bits per heavy atom. The second kappa shape index (κ2) is 15.6. The van der Waals surface area contributed by atoms with E-state index >= 15 is 0 Å². The lowest BCUT2D eigenvalue weighted by Crippen LogP contribution is -2.26. The summed E-state index contributed by atoms with van der Waals surface area (Å²) in [5.41, 5.74) is 1.95. The minimum absolute atomic E-state index is 0.00529. The van der Waals surface area contributed by atoms with E-state index in [1.165, 1.54) is 6.07 Å². The number of carbonyl (C=O) groups is 1. The Balaban J connectivity index is 2.22. The first-order valence-corrected chi connectivity index (χ1v) is 12.6. The van der Waals surface area contributed by atoms with Crippen LogP contribution in [-0.4, -0.2) is 48.8 Å². The van der Waals surface area contributed by atoms with Gasteiger partial charge >= 0.3 is 6.55 Å². The Morgan fingerprint density at radius 2 is 1.90 bits per heavy atom. The first kappa shape index (κ1) is 31.5. The van der Waals surface area contributed by atoms with Crippen molar-refractivity contribution in [2.24, 2.45) is 9.98 Å². The summed E-state index contributed by atoms with van der Waals surface area (Å²) in [5, 5.41) is 16.5. The predicted octanol–water partition coefficient (Wildman–Crippen LogP) is 5.88. The minimum Gasteiger partial charge on any atom is -0.396 e. The van der Waals surface area contributed by atoms with Gasteiger partial charge in [0.25, 0.3) is 5.91 Å². The fourth-order valence-corrected chi connectivity index (χ4v) is 3.68. The number of benzene rings is 2. The number of aliphatic hydroxyl groups excluding tert-OH is 1. The van der Waals surface area contributed by atoms with Gasteiger partial charge in [0.15, 0.2) is 17.5 Å². The topological polar surface area (TPSA) is 98.1 Å². The SMILES string of the molecule is C/C=C\N=C(Nc1ccc(C(=O)NCCCO)c(CC)c1)C(C)=NCC(C)c1ccc(NC(F)F)c(F)c1F. The molecule has 2 aromatic rings. The van der Waals surface area contributed by atoms with E-state index < -0.39 is 29.8 Å². The number of nitrogens with one attached hydrogen (secondary N) is 3. The predicted molar refractivity (Wildman–Crippen MR) is 148 cm³/mol. The van der Waals surface area contributed by atoms with Crippen molar-refractivity contribution in [3.8, 4) is 0 Å². The highest BCUT2D eigenvalue weighted by Crippen LogP contribution is 2.27. The van der Waals surface area contributed by atoms with E-state index in [4.69, 9.17) is 5.11 Å². The first-order chi connectivity index (χ1) is 18.6. The molecule has 0 bridgehead atoms. The highest BCUT2D eigenvalue weighted by Gasteiger charge is 2.19. The number of alkyl halides is 2. The van der Waals surface area contributed by atoms with Crippen molar-refractivity contribution in [3.63, 3.8) is 0 Å². The summed E-state index contributed by atoms with van der Waals surface area (Å²) in [4.78, 5) is 21.4. The van der Waals surface area contributed by atoms with Crippen molar-refractivity contribution in [2.45, 2.75) is 53.0 Å². The molecular weight excluding hydrogens is 514 g/mol. The van der Waals surface area contributed by atoms with E-state index in [2.05, 4.69) is 20.6 Å². The number of aryl methyl sites for hydroxylation is 1. The number of hydrogen-bond acceptors (Lipinski definition) is 5. The van der Waals surface area contributed by atoms with Crippen LogP contribution < -0.4 is 16.0 Å². The van der Waals surface area contributed by atoms with E-state index in [1.807, 2.05) is 13.0 Å². The number of halogens is 4. The molecule has 0 saturated carbocycles. The summed E-state index contributed by atoms with van der Waals surface area (Å²) in [6.07, 6.45) is 4.40. The minimum atomic E-state index is -3.02. The third-order valence-corrected chi connectivity index (χ3v) is 5.82. The molecule has 0 fully saturated rings. The van der Waals surface area contributed by atoms with Gasteiger partial charge in [0.2, 0.25) is 0 Å². The van der Waals surface area contributed by atoms with Crippen LogP contribution in [0.1, 0.15) is 61.5 Å². The highest BCUT2D eigenvalue weighted by molar-refractivity contribution is 6.45. The van der Waals surface area contributed by atoms with Gasteiger partial charge in [0.1, 0.15) is 0 Å². The van der Waals surface area contributed by atoms with Crippen LogP contribution in [0.3, 0.4) is 0 Å². The zero-order valence-electron chi connectivity index (χ0n) is 22.5. The van der Waals surface area contributed by atoms with Crippen molar-refractivity contribution in [2.75, 3.05) is 30.3 Å². The lowest BCUT2D eigenvalue weighted by atomic mass is 10.00. The maximum absolute atomic E-state index is 14.6. The quantitative estimate of drug-likeness (QED) is 0.0824. The van der Waals surface area contributed by atoms with Crippen molar-refractivity contribution in [3.05, 3.63) is 70.9 Å². The Hall–Kier alpha value is -3.73. The molecule has 1 unspecified atom stereocenters. The summed E-state index contributed by atoms with van der Waals surface area (Å²) in [7, 11) is 0. The summed E-state index contributed by atoms with van der Waals surface area (Å²) < 4.78 is 53.8. The van der Waals surface area contributed by atoms with Gasteiger partial charge in [-0.3, -0.25) is 9.79 Å². The number of nitrogens with zero attached hydrogens (tertiary/aromatic N) is 2. The van der Waals surface area contributed by atoms with Gasteiger partial charge in [-0.1, -0.05) is 26.0 Å². The summed E-state index contributed by atoms with van der Waals surface area (Å²) in [5.74, 6) is -2.91. The van der Waals surface area contributed by atoms with E-state index in [0.29, 0.717) is 42.2 Å². The van der Waals surface area contributed by atoms with E-state index in [9.17, 15) is 22.4 Å². The molecular formula is C28H35F4N5O2. The largest absolute Gasteiger partial charge is 0.396 e. The van der Waals surface area contributed by atoms with Crippen molar-refractivity contribution in [1.82, 2.24) is 5.32 Å². The molecule has 1 amide bonds. The van der Waals surface area contributed by atoms with Gasteiger partial charge in [-0.15, -0.1) is 0 Å². The maximum atomic E-state index is 14.6. The van der Waals surface area contributed by atoms with Crippen molar-refractivity contribution < 1.29 is 27.5 Å². The number of anilines is 2. The summed E-state index contributed by atoms with van der Waals surface area (Å²) in [6, 6.07) is 7.64. The number of amides is 1. The molecule has 0 aliphatic carbocycles. The number of hydrogen-bond donors (Lipinski definition) is 4. The van der Waals surface area contributed by atoms with Crippen molar-refractivity contribution >= 4 is 28.8 Å². The zero-order valence-corrected chi connectivity index (χ0v) is 22.5. The molecule has 0 aromatic heterocycles. The van der Waals surface area contributed by atoms with Gasteiger partial charge in [-0.2, -0.15) is 8.78 Å². The fraction of sp³-hybridized carbons (Fsp3) is 0.393. The number of allylic oxidation sites excluding steroid dienone is 1. The third kappa shape index (κ3) is 9.20. The van der Waals surface area contributed by atoms with Crippen molar-refractivity contribution in [1.29, 1.82) is 0 Å². The molecule has 0 radical (unpaired) electrons. The second-order valence-corrected chi connectivity index (χ2v) is 8.75. The van der Waals surface area contributed by atoms with Gasteiger partial charge < -0.3 is 21.1 Å². The number of aliphatic imine (C=N–C) groups is 2. The molecule has 2 aromatic carbocycles. The molecule has 0 aliphatic rings. The molecule has 212 valence electrons. The number of rotatable bonds is 13. The zero-order chi connectivity index (χ0) is 28.9. The van der Waals surface area contributed by atoms with Crippen LogP contribution in [0.5, 0.6) is 0 Å². The van der Waals surface area contributed by atoms with Gasteiger partial charge in [0, 0.05) is 43.1 Å². The Labute approximate surface area is 226 Å². The Bertz CT molecular complexity index is 1210. The molecule has 39 heavy (non-hydrogen) atoms. The second-order valence-electron chi connectivity index (χ2n) is 8.75. The first-order valence-electron chi connectivity index (χ1n) is 12.6. The van der Waals surface area contributed by atoms with Gasteiger partial charge in [-0.05, 0) is 62.1 Å². The van der Waals surface area contributed by atoms with Crippen LogP contribution in [0.15, 0.2) is 52.6 Å². The Morgan fingerprint density at radius 3 is 2.54 bits per heavy atom. The third-order valence-electron chi connectivity index (χ3n) is 5.82. The van der Waals surface area contributed by atoms with E-state index in [1.54, 1.807) is 50.5 Å². The van der Waals surface area contributed by atoms with Crippen LogP contribution in [0.25, 0.3) is 0 Å². The normalized spacial score (nSPS) is 13.2. The number of carbonyl (C=O) groups excluding carboxylic acids is 1.